The van der Waals surface area contributed by atoms with Crippen LogP contribution in [-0.2, 0) is 11.2 Å². The van der Waals surface area contributed by atoms with Crippen molar-refractivity contribution >= 4 is 5.91 Å². The maximum atomic E-state index is 12.6. The number of aryl methyl sites for hydroxylation is 1. The van der Waals surface area contributed by atoms with E-state index in [2.05, 4.69) is 15.5 Å². The first-order valence-corrected chi connectivity index (χ1v) is 8.21. The molecule has 2 rings (SSSR count). The Balaban J connectivity index is 1.94. The van der Waals surface area contributed by atoms with Crippen LogP contribution in [0.25, 0.3) is 0 Å². The highest BCUT2D eigenvalue weighted by Crippen LogP contribution is 2.19. The molecule has 6 nitrogen and oxygen atoms in total. The van der Waals surface area contributed by atoms with Gasteiger partial charge in [-0.3, -0.25) is 9.69 Å². The Bertz CT molecular complexity index is 662. The first-order valence-electron chi connectivity index (χ1n) is 8.21. The normalized spacial score (nSPS) is 12.6. The SMILES string of the molecule is Cc1ccc([C@@H](C(=O)NCCc2nc(C(C)C)no2)N(C)C)cc1. The van der Waals surface area contributed by atoms with E-state index in [0.717, 1.165) is 5.56 Å². The number of rotatable bonds is 7. The monoisotopic (exact) mass is 330 g/mol. The molecule has 0 radical (unpaired) electrons. The molecule has 130 valence electrons. The van der Waals surface area contributed by atoms with Gasteiger partial charge in [0.1, 0.15) is 6.04 Å². The van der Waals surface area contributed by atoms with Gasteiger partial charge in [0.2, 0.25) is 11.8 Å². The topological polar surface area (TPSA) is 71.3 Å². The van der Waals surface area contributed by atoms with Crippen LogP contribution < -0.4 is 5.32 Å². The molecule has 2 aromatic rings. The van der Waals surface area contributed by atoms with Crippen LogP contribution in [-0.4, -0.2) is 41.6 Å². The average Bonchev–Trinajstić information content (AvgIpc) is 2.98. The van der Waals surface area contributed by atoms with Gasteiger partial charge in [-0.1, -0.05) is 48.8 Å². The van der Waals surface area contributed by atoms with Gasteiger partial charge in [0.15, 0.2) is 5.82 Å². The summed E-state index contributed by atoms with van der Waals surface area (Å²) in [7, 11) is 3.80. The molecular formula is C18H26N4O2. The molecule has 0 aliphatic heterocycles. The molecule has 1 aromatic heterocycles. The number of likely N-dealkylation sites (N-methyl/N-ethyl adjacent to an activating group) is 1. The molecule has 0 saturated heterocycles. The first-order chi connectivity index (χ1) is 11.4. The van der Waals surface area contributed by atoms with Crippen LogP contribution in [0, 0.1) is 6.92 Å². The fourth-order valence-electron chi connectivity index (χ4n) is 2.43. The van der Waals surface area contributed by atoms with Crippen LogP contribution in [0.2, 0.25) is 0 Å². The summed E-state index contributed by atoms with van der Waals surface area (Å²) in [6.45, 7) is 6.53. The van der Waals surface area contributed by atoms with Gasteiger partial charge >= 0.3 is 0 Å². The summed E-state index contributed by atoms with van der Waals surface area (Å²) in [5.74, 6) is 1.45. The Hall–Kier alpha value is -2.21. The van der Waals surface area contributed by atoms with Crippen LogP contribution in [0.5, 0.6) is 0 Å². The van der Waals surface area contributed by atoms with E-state index in [9.17, 15) is 4.79 Å². The van der Waals surface area contributed by atoms with E-state index in [-0.39, 0.29) is 17.9 Å². The molecule has 0 fully saturated rings. The maximum Gasteiger partial charge on any atom is 0.241 e. The molecule has 1 N–H and O–H groups in total. The zero-order valence-corrected chi connectivity index (χ0v) is 15.0. The van der Waals surface area contributed by atoms with Crippen molar-refractivity contribution in [3.8, 4) is 0 Å². The fraction of sp³-hybridized carbons (Fsp3) is 0.500. The van der Waals surface area contributed by atoms with Crippen LogP contribution in [0.1, 0.15) is 48.6 Å². The number of amides is 1. The molecule has 6 heteroatoms. The predicted molar refractivity (Wildman–Crippen MR) is 92.7 cm³/mol. The zero-order valence-electron chi connectivity index (χ0n) is 15.0. The minimum absolute atomic E-state index is 0.0348. The quantitative estimate of drug-likeness (QED) is 0.844. The third kappa shape index (κ3) is 4.64. The predicted octanol–water partition coefficient (Wildman–Crippen LogP) is 2.46. The summed E-state index contributed by atoms with van der Waals surface area (Å²) in [6, 6.07) is 7.70. The van der Waals surface area contributed by atoms with E-state index in [1.165, 1.54) is 5.56 Å². The maximum absolute atomic E-state index is 12.6. The molecule has 0 unspecified atom stereocenters. The number of nitrogens with one attached hydrogen (secondary N) is 1. The summed E-state index contributed by atoms with van der Waals surface area (Å²) in [5.41, 5.74) is 2.15. The second kappa shape index (κ2) is 8.06. The average molecular weight is 330 g/mol. The molecule has 0 spiro atoms. The van der Waals surface area contributed by atoms with Crippen LogP contribution in [0.15, 0.2) is 28.8 Å². The van der Waals surface area contributed by atoms with Crippen LogP contribution >= 0.6 is 0 Å². The van der Waals surface area contributed by atoms with E-state index in [1.807, 2.05) is 64.0 Å². The standard InChI is InChI=1S/C18H26N4O2/c1-12(2)17-20-15(24-21-17)10-11-19-18(23)16(22(4)5)14-8-6-13(3)7-9-14/h6-9,12,16H,10-11H2,1-5H3,(H,19,23)/t16-/m0/s1. The minimum Gasteiger partial charge on any atom is -0.354 e. The number of benzene rings is 1. The first kappa shape index (κ1) is 18.1. The third-order valence-electron chi connectivity index (χ3n) is 3.80. The van der Waals surface area contributed by atoms with Crippen LogP contribution in [0.4, 0.5) is 0 Å². The van der Waals surface area contributed by atoms with Crippen molar-refractivity contribution in [2.45, 2.75) is 39.2 Å². The van der Waals surface area contributed by atoms with E-state index in [0.29, 0.717) is 24.7 Å². The zero-order chi connectivity index (χ0) is 17.7. The van der Waals surface area contributed by atoms with Crippen molar-refractivity contribution in [1.82, 2.24) is 20.4 Å². The highest BCUT2D eigenvalue weighted by atomic mass is 16.5. The molecule has 1 atom stereocenters. The highest BCUT2D eigenvalue weighted by Gasteiger charge is 2.22. The number of hydrogen-bond acceptors (Lipinski definition) is 5. The third-order valence-corrected chi connectivity index (χ3v) is 3.80. The lowest BCUT2D eigenvalue weighted by molar-refractivity contribution is -0.125. The molecule has 0 bridgehead atoms. The van der Waals surface area contributed by atoms with Crippen molar-refractivity contribution in [3.05, 3.63) is 47.1 Å². The van der Waals surface area contributed by atoms with Crippen molar-refractivity contribution in [2.75, 3.05) is 20.6 Å². The van der Waals surface area contributed by atoms with Gasteiger partial charge in [0.05, 0.1) is 0 Å². The van der Waals surface area contributed by atoms with Gasteiger partial charge < -0.3 is 9.84 Å². The number of carbonyl (C=O) groups is 1. The molecule has 1 heterocycles. The van der Waals surface area contributed by atoms with Gasteiger partial charge in [-0.05, 0) is 26.6 Å². The van der Waals surface area contributed by atoms with Gasteiger partial charge in [-0.25, -0.2) is 0 Å². The minimum atomic E-state index is -0.320. The van der Waals surface area contributed by atoms with E-state index < -0.39 is 0 Å². The second-order valence-corrected chi connectivity index (χ2v) is 6.52. The summed E-state index contributed by atoms with van der Waals surface area (Å²) in [5, 5.41) is 6.88. The molecule has 0 aliphatic carbocycles. The Labute approximate surface area is 143 Å². The van der Waals surface area contributed by atoms with Crippen molar-refractivity contribution in [1.29, 1.82) is 0 Å². The lowest BCUT2D eigenvalue weighted by atomic mass is 10.0. The Morgan fingerprint density at radius 1 is 1.25 bits per heavy atom. The summed E-state index contributed by atoms with van der Waals surface area (Å²) < 4.78 is 5.19. The van der Waals surface area contributed by atoms with Crippen molar-refractivity contribution in [3.63, 3.8) is 0 Å². The lowest BCUT2D eigenvalue weighted by Gasteiger charge is -2.23. The van der Waals surface area contributed by atoms with Gasteiger partial charge in [-0.2, -0.15) is 4.98 Å². The van der Waals surface area contributed by atoms with E-state index in [1.54, 1.807) is 0 Å². The molecule has 0 aliphatic rings. The second-order valence-electron chi connectivity index (χ2n) is 6.52. The molecule has 0 saturated carbocycles. The van der Waals surface area contributed by atoms with E-state index >= 15 is 0 Å². The number of carbonyl (C=O) groups excluding carboxylic acids is 1. The van der Waals surface area contributed by atoms with Gasteiger partial charge in [-0.15, -0.1) is 0 Å². The lowest BCUT2D eigenvalue weighted by Crippen LogP contribution is -2.37. The van der Waals surface area contributed by atoms with E-state index in [4.69, 9.17) is 4.52 Å². The highest BCUT2D eigenvalue weighted by molar-refractivity contribution is 5.83. The number of aromatic nitrogens is 2. The van der Waals surface area contributed by atoms with Crippen molar-refractivity contribution < 1.29 is 9.32 Å². The van der Waals surface area contributed by atoms with Crippen molar-refractivity contribution in [2.24, 2.45) is 0 Å². The largest absolute Gasteiger partial charge is 0.354 e. The smallest absolute Gasteiger partial charge is 0.241 e. The summed E-state index contributed by atoms with van der Waals surface area (Å²) >= 11 is 0. The summed E-state index contributed by atoms with van der Waals surface area (Å²) in [6.07, 6.45) is 0.527. The summed E-state index contributed by atoms with van der Waals surface area (Å²) in [4.78, 5) is 18.8. The Morgan fingerprint density at radius 3 is 2.46 bits per heavy atom. The van der Waals surface area contributed by atoms with Crippen LogP contribution in [0.3, 0.4) is 0 Å². The van der Waals surface area contributed by atoms with Gasteiger partial charge in [0.25, 0.3) is 0 Å². The Kier molecular flexibility index (Phi) is 6.09. The molecule has 1 amide bonds. The Morgan fingerprint density at radius 2 is 1.92 bits per heavy atom. The number of hydrogen-bond donors (Lipinski definition) is 1. The molecule has 1 aromatic carbocycles. The molecular weight excluding hydrogens is 304 g/mol. The molecule has 24 heavy (non-hydrogen) atoms. The van der Waals surface area contributed by atoms with Gasteiger partial charge in [0, 0.05) is 18.9 Å². The fourth-order valence-corrected chi connectivity index (χ4v) is 2.43. The number of nitrogens with zero attached hydrogens (tertiary/aromatic N) is 3.